The Bertz CT molecular complexity index is 283. The van der Waals surface area contributed by atoms with Gasteiger partial charge in [-0.05, 0) is 17.7 Å². The maximum Gasteiger partial charge on any atom is 0.122 e. The molecule has 0 spiro atoms. The molecule has 3 heteroatoms. The first-order valence-electron chi connectivity index (χ1n) is 3.21. The highest BCUT2D eigenvalue weighted by Gasteiger charge is 1.94. The zero-order valence-electron chi connectivity index (χ0n) is 6.21. The van der Waals surface area contributed by atoms with E-state index in [-0.39, 0.29) is 5.82 Å². The fourth-order valence-corrected chi connectivity index (χ4v) is 0.802. The van der Waals surface area contributed by atoms with Crippen LogP contribution >= 0.6 is 0 Å². The summed E-state index contributed by atoms with van der Waals surface area (Å²) in [5.74, 6) is -0.323. The molecule has 2 radical (unpaired) electrons. The lowest BCUT2D eigenvalue weighted by Gasteiger charge is -1.98. The van der Waals surface area contributed by atoms with Crippen molar-refractivity contribution in [2.24, 2.45) is 4.99 Å². The second-order valence-corrected chi connectivity index (χ2v) is 2.16. The van der Waals surface area contributed by atoms with E-state index in [0.717, 1.165) is 5.56 Å². The zero-order chi connectivity index (χ0) is 8.27. The largest absolute Gasteiger partial charge is 0.296 e. The van der Waals surface area contributed by atoms with Gasteiger partial charge in [-0.2, -0.15) is 0 Å². The molecule has 0 N–H and O–H groups in total. The molecule has 0 aliphatic carbocycles. The quantitative estimate of drug-likeness (QED) is 0.408. The lowest BCUT2D eigenvalue weighted by molar-refractivity contribution is 0.629. The third-order valence-electron chi connectivity index (χ3n) is 1.32. The molecular weight excluding hydrogens is 140 g/mol. The molecule has 1 rings (SSSR count). The fraction of sp³-hybridized carbons (Fsp3) is 0.125. The van der Waals surface area contributed by atoms with Gasteiger partial charge < -0.3 is 0 Å². The number of rotatable bonds is 1. The summed E-state index contributed by atoms with van der Waals surface area (Å²) >= 11 is 0. The first-order chi connectivity index (χ1) is 5.24. The van der Waals surface area contributed by atoms with Gasteiger partial charge in [0.2, 0.25) is 0 Å². The van der Waals surface area contributed by atoms with Crippen molar-refractivity contribution in [2.45, 2.75) is 0 Å². The maximum atomic E-state index is 12.5. The van der Waals surface area contributed by atoms with Crippen molar-refractivity contribution >= 4 is 19.5 Å². The standard InChI is InChI=1S/C8H7BFN/c1-11-5-6-2-3-7(10)4-8(6)9/h2-5H,1H3. The molecule has 0 atom stereocenters. The molecule has 0 heterocycles. The first-order valence-corrected chi connectivity index (χ1v) is 3.21. The fourth-order valence-electron chi connectivity index (χ4n) is 0.802. The Morgan fingerprint density at radius 2 is 2.27 bits per heavy atom. The molecule has 0 aliphatic heterocycles. The third-order valence-corrected chi connectivity index (χ3v) is 1.32. The molecule has 0 aliphatic rings. The molecule has 0 saturated carbocycles. The second kappa shape index (κ2) is 3.33. The van der Waals surface area contributed by atoms with Crippen molar-refractivity contribution in [1.82, 2.24) is 0 Å². The molecule has 54 valence electrons. The summed E-state index contributed by atoms with van der Waals surface area (Å²) in [5.41, 5.74) is 1.16. The van der Waals surface area contributed by atoms with Crippen LogP contribution in [0.25, 0.3) is 0 Å². The van der Waals surface area contributed by atoms with Gasteiger partial charge in [-0.3, -0.25) is 4.99 Å². The van der Waals surface area contributed by atoms with Crippen LogP contribution in [0.2, 0.25) is 0 Å². The molecular formula is C8H7BFN. The summed E-state index contributed by atoms with van der Waals surface area (Å²) in [7, 11) is 7.12. The van der Waals surface area contributed by atoms with E-state index < -0.39 is 0 Å². The SMILES string of the molecule is [B]c1cc(F)ccc1C=NC. The van der Waals surface area contributed by atoms with Crippen LogP contribution in [0.3, 0.4) is 0 Å². The summed E-state index contributed by atoms with van der Waals surface area (Å²) in [6.07, 6.45) is 1.59. The lowest BCUT2D eigenvalue weighted by atomic mass is 9.91. The number of hydrogen-bond acceptors (Lipinski definition) is 1. The Morgan fingerprint density at radius 1 is 1.55 bits per heavy atom. The molecule has 1 aromatic carbocycles. The van der Waals surface area contributed by atoms with Gasteiger partial charge in [-0.15, -0.1) is 0 Å². The summed E-state index contributed by atoms with van der Waals surface area (Å²) in [5, 5.41) is 0. The number of benzene rings is 1. The van der Waals surface area contributed by atoms with Crippen LogP contribution in [0.1, 0.15) is 5.56 Å². The van der Waals surface area contributed by atoms with Crippen molar-refractivity contribution < 1.29 is 4.39 Å². The smallest absolute Gasteiger partial charge is 0.122 e. The molecule has 0 aromatic heterocycles. The molecule has 0 fully saturated rings. The normalized spacial score (nSPS) is 10.7. The summed E-state index contributed by atoms with van der Waals surface area (Å²) in [6.45, 7) is 0. The Hall–Kier alpha value is -1.12. The van der Waals surface area contributed by atoms with E-state index in [1.807, 2.05) is 0 Å². The van der Waals surface area contributed by atoms with E-state index in [2.05, 4.69) is 4.99 Å². The number of aliphatic imine (C=N–C) groups is 1. The highest BCUT2D eigenvalue weighted by molar-refractivity contribution is 6.35. The highest BCUT2D eigenvalue weighted by Crippen LogP contribution is 1.96. The average molecular weight is 147 g/mol. The Kier molecular flexibility index (Phi) is 2.42. The molecule has 1 aromatic rings. The van der Waals surface area contributed by atoms with E-state index in [1.54, 1.807) is 19.3 Å². The first kappa shape index (κ1) is 7.99. The minimum atomic E-state index is -0.323. The minimum absolute atomic E-state index is 0.323. The van der Waals surface area contributed by atoms with Crippen molar-refractivity contribution in [3.05, 3.63) is 29.6 Å². The molecule has 0 bridgehead atoms. The Balaban J connectivity index is 3.09. The van der Waals surface area contributed by atoms with Gasteiger partial charge >= 0.3 is 0 Å². The zero-order valence-corrected chi connectivity index (χ0v) is 6.21. The van der Waals surface area contributed by atoms with Crippen LogP contribution in [0.4, 0.5) is 4.39 Å². The minimum Gasteiger partial charge on any atom is -0.296 e. The van der Waals surface area contributed by atoms with Crippen molar-refractivity contribution in [2.75, 3.05) is 7.05 Å². The third kappa shape index (κ3) is 1.90. The van der Waals surface area contributed by atoms with Crippen LogP contribution in [-0.2, 0) is 0 Å². The summed E-state index contributed by atoms with van der Waals surface area (Å²) in [6, 6.07) is 4.22. The lowest BCUT2D eigenvalue weighted by Crippen LogP contribution is -2.10. The van der Waals surface area contributed by atoms with E-state index >= 15 is 0 Å². The van der Waals surface area contributed by atoms with Gasteiger partial charge in [0.05, 0.1) is 0 Å². The topological polar surface area (TPSA) is 12.4 Å². The number of halogens is 1. The van der Waals surface area contributed by atoms with Crippen molar-refractivity contribution in [3.63, 3.8) is 0 Å². The van der Waals surface area contributed by atoms with Crippen LogP contribution in [0.5, 0.6) is 0 Å². The van der Waals surface area contributed by atoms with E-state index in [9.17, 15) is 4.39 Å². The Morgan fingerprint density at radius 3 is 2.82 bits per heavy atom. The Labute approximate surface area is 66.4 Å². The summed E-state index contributed by atoms with van der Waals surface area (Å²) < 4.78 is 12.5. The number of hydrogen-bond donors (Lipinski definition) is 0. The van der Waals surface area contributed by atoms with E-state index in [1.165, 1.54) is 12.1 Å². The van der Waals surface area contributed by atoms with Crippen molar-refractivity contribution in [3.8, 4) is 0 Å². The van der Waals surface area contributed by atoms with Gasteiger partial charge in [-0.1, -0.05) is 11.5 Å². The number of nitrogens with zero attached hydrogens (tertiary/aromatic N) is 1. The molecule has 11 heavy (non-hydrogen) atoms. The molecule has 0 unspecified atom stereocenters. The van der Waals surface area contributed by atoms with Gasteiger partial charge in [0.1, 0.15) is 13.7 Å². The molecule has 0 amide bonds. The van der Waals surface area contributed by atoms with Crippen LogP contribution in [0, 0.1) is 5.82 Å². The van der Waals surface area contributed by atoms with Gasteiger partial charge in [0, 0.05) is 13.3 Å². The van der Waals surface area contributed by atoms with E-state index in [0.29, 0.717) is 5.46 Å². The van der Waals surface area contributed by atoms with Gasteiger partial charge in [-0.25, -0.2) is 4.39 Å². The van der Waals surface area contributed by atoms with Crippen LogP contribution < -0.4 is 5.46 Å². The highest BCUT2D eigenvalue weighted by atomic mass is 19.1. The second-order valence-electron chi connectivity index (χ2n) is 2.16. The van der Waals surface area contributed by atoms with E-state index in [4.69, 9.17) is 7.85 Å². The summed E-state index contributed by atoms with van der Waals surface area (Å²) in [4.78, 5) is 3.77. The van der Waals surface area contributed by atoms with Crippen LogP contribution in [0.15, 0.2) is 23.2 Å². The average Bonchev–Trinajstić information content (AvgIpc) is 1.95. The monoisotopic (exact) mass is 147 g/mol. The van der Waals surface area contributed by atoms with Gasteiger partial charge in [0.25, 0.3) is 0 Å². The predicted molar refractivity (Wildman–Crippen MR) is 45.3 cm³/mol. The van der Waals surface area contributed by atoms with Gasteiger partial charge in [0.15, 0.2) is 0 Å². The van der Waals surface area contributed by atoms with Crippen LogP contribution in [-0.4, -0.2) is 21.1 Å². The molecule has 1 nitrogen and oxygen atoms in total. The maximum absolute atomic E-state index is 12.5. The van der Waals surface area contributed by atoms with Crippen molar-refractivity contribution in [1.29, 1.82) is 0 Å². The predicted octanol–water partition coefficient (Wildman–Crippen LogP) is 0.668. The molecule has 0 saturated heterocycles.